The smallest absolute Gasteiger partial charge is 0.257 e. The fraction of sp³-hybridized carbons (Fsp3) is 0.200. The van der Waals surface area contributed by atoms with Crippen LogP contribution in [-0.2, 0) is 4.79 Å². The van der Waals surface area contributed by atoms with Crippen molar-refractivity contribution in [2.45, 2.75) is 6.92 Å². The SMILES string of the molecule is Cc1occc1C(=O)N(C)CC(=O)Nc1ccccc1Br. The largest absolute Gasteiger partial charge is 0.469 e. The number of halogens is 1. The number of hydrogen-bond donors (Lipinski definition) is 1. The van der Waals surface area contributed by atoms with Gasteiger partial charge in [-0.1, -0.05) is 12.1 Å². The van der Waals surface area contributed by atoms with E-state index in [1.807, 2.05) is 18.2 Å². The zero-order chi connectivity index (χ0) is 15.4. The van der Waals surface area contributed by atoms with Crippen LogP contribution < -0.4 is 5.32 Å². The van der Waals surface area contributed by atoms with E-state index in [-0.39, 0.29) is 18.4 Å². The number of hydrogen-bond acceptors (Lipinski definition) is 3. The predicted molar refractivity (Wildman–Crippen MR) is 83.2 cm³/mol. The lowest BCUT2D eigenvalue weighted by Gasteiger charge is -2.16. The lowest BCUT2D eigenvalue weighted by Crippen LogP contribution is -2.35. The lowest BCUT2D eigenvalue weighted by molar-refractivity contribution is -0.116. The number of anilines is 1. The molecule has 1 aromatic carbocycles. The van der Waals surface area contributed by atoms with Crippen LogP contribution in [0.5, 0.6) is 0 Å². The maximum atomic E-state index is 12.2. The summed E-state index contributed by atoms with van der Waals surface area (Å²) in [6.45, 7) is 1.67. The van der Waals surface area contributed by atoms with E-state index in [1.165, 1.54) is 11.2 Å². The molecule has 0 aliphatic carbocycles. The minimum absolute atomic E-state index is 0.0369. The minimum Gasteiger partial charge on any atom is -0.469 e. The first-order valence-corrected chi connectivity index (χ1v) is 7.12. The predicted octanol–water partition coefficient (Wildman–Crippen LogP) is 3.06. The summed E-state index contributed by atoms with van der Waals surface area (Å²) in [5.41, 5.74) is 1.13. The number of likely N-dealkylation sites (N-methyl/N-ethyl adjacent to an activating group) is 1. The van der Waals surface area contributed by atoms with E-state index < -0.39 is 0 Å². The molecular formula is C15H15BrN2O3. The van der Waals surface area contributed by atoms with E-state index in [1.54, 1.807) is 26.1 Å². The molecule has 1 aromatic heterocycles. The average Bonchev–Trinajstić information content (AvgIpc) is 2.86. The maximum Gasteiger partial charge on any atom is 0.257 e. The van der Waals surface area contributed by atoms with Crippen molar-refractivity contribution in [2.24, 2.45) is 0 Å². The minimum atomic E-state index is -0.265. The van der Waals surface area contributed by atoms with Crippen molar-refractivity contribution in [3.63, 3.8) is 0 Å². The molecule has 0 bridgehead atoms. The summed E-state index contributed by atoms with van der Waals surface area (Å²) in [5.74, 6) is 0.0282. The number of carbonyl (C=O) groups excluding carboxylic acids is 2. The Kier molecular flexibility index (Phi) is 4.80. The molecule has 1 N–H and O–H groups in total. The summed E-state index contributed by atoms with van der Waals surface area (Å²) in [7, 11) is 1.58. The fourth-order valence-corrected chi connectivity index (χ4v) is 2.24. The van der Waals surface area contributed by atoms with Crippen LogP contribution in [-0.4, -0.2) is 30.3 Å². The summed E-state index contributed by atoms with van der Waals surface area (Å²) in [6.07, 6.45) is 1.46. The molecule has 0 spiro atoms. The Labute approximate surface area is 131 Å². The number of carbonyl (C=O) groups is 2. The van der Waals surface area contributed by atoms with Crippen molar-refractivity contribution in [1.82, 2.24) is 4.90 Å². The van der Waals surface area contributed by atoms with Crippen LogP contribution in [0, 0.1) is 6.92 Å². The summed E-state index contributed by atoms with van der Waals surface area (Å²) in [4.78, 5) is 25.5. The third-order valence-corrected chi connectivity index (χ3v) is 3.66. The molecule has 0 fully saturated rings. The highest BCUT2D eigenvalue weighted by Crippen LogP contribution is 2.21. The number of amides is 2. The molecule has 0 unspecified atom stereocenters. The van der Waals surface area contributed by atoms with Crippen LogP contribution in [0.15, 0.2) is 45.5 Å². The molecule has 0 aliphatic heterocycles. The zero-order valence-corrected chi connectivity index (χ0v) is 13.3. The van der Waals surface area contributed by atoms with Gasteiger partial charge >= 0.3 is 0 Å². The fourth-order valence-electron chi connectivity index (χ4n) is 1.85. The molecule has 1 heterocycles. The monoisotopic (exact) mass is 350 g/mol. The topological polar surface area (TPSA) is 62.6 Å². The third-order valence-electron chi connectivity index (χ3n) is 2.96. The van der Waals surface area contributed by atoms with Crippen molar-refractivity contribution in [3.8, 4) is 0 Å². The molecule has 21 heavy (non-hydrogen) atoms. The van der Waals surface area contributed by atoms with Crippen molar-refractivity contribution in [3.05, 3.63) is 52.4 Å². The van der Waals surface area contributed by atoms with Gasteiger partial charge in [0.05, 0.1) is 24.1 Å². The number of para-hydroxylation sites is 1. The molecule has 2 amide bonds. The highest BCUT2D eigenvalue weighted by atomic mass is 79.9. The van der Waals surface area contributed by atoms with Crippen LogP contribution in [0.4, 0.5) is 5.69 Å². The van der Waals surface area contributed by atoms with Gasteiger partial charge < -0.3 is 14.6 Å². The Morgan fingerprint density at radius 2 is 2.00 bits per heavy atom. The molecule has 2 rings (SSSR count). The Bertz CT molecular complexity index is 666. The number of nitrogens with zero attached hydrogens (tertiary/aromatic N) is 1. The zero-order valence-electron chi connectivity index (χ0n) is 11.7. The summed E-state index contributed by atoms with van der Waals surface area (Å²) >= 11 is 3.35. The highest BCUT2D eigenvalue weighted by Gasteiger charge is 2.18. The van der Waals surface area contributed by atoms with Crippen LogP contribution in [0.2, 0.25) is 0 Å². The van der Waals surface area contributed by atoms with Crippen molar-refractivity contribution in [2.75, 3.05) is 18.9 Å². The van der Waals surface area contributed by atoms with Gasteiger partial charge in [0.15, 0.2) is 0 Å². The van der Waals surface area contributed by atoms with Crippen LogP contribution in [0.1, 0.15) is 16.1 Å². The van der Waals surface area contributed by atoms with Gasteiger partial charge in [-0.15, -0.1) is 0 Å². The number of benzene rings is 1. The first-order valence-electron chi connectivity index (χ1n) is 6.33. The summed E-state index contributed by atoms with van der Waals surface area (Å²) in [5, 5.41) is 2.75. The normalized spacial score (nSPS) is 10.2. The van der Waals surface area contributed by atoms with Gasteiger partial charge in [-0.25, -0.2) is 0 Å². The molecule has 0 atom stereocenters. The first-order chi connectivity index (χ1) is 9.99. The van der Waals surface area contributed by atoms with E-state index in [0.717, 1.165) is 4.47 Å². The second-order valence-electron chi connectivity index (χ2n) is 4.58. The van der Waals surface area contributed by atoms with Crippen molar-refractivity contribution in [1.29, 1.82) is 0 Å². The second-order valence-corrected chi connectivity index (χ2v) is 5.43. The molecule has 5 nitrogen and oxygen atoms in total. The van der Waals surface area contributed by atoms with E-state index in [9.17, 15) is 9.59 Å². The van der Waals surface area contributed by atoms with Gasteiger partial charge in [-0.3, -0.25) is 9.59 Å². The first kappa shape index (κ1) is 15.3. The second kappa shape index (κ2) is 6.58. The Hall–Kier alpha value is -2.08. The summed E-state index contributed by atoms with van der Waals surface area (Å²) < 4.78 is 5.89. The number of nitrogens with one attached hydrogen (secondary N) is 1. The number of rotatable bonds is 4. The van der Waals surface area contributed by atoms with E-state index in [2.05, 4.69) is 21.2 Å². The highest BCUT2D eigenvalue weighted by molar-refractivity contribution is 9.10. The van der Waals surface area contributed by atoms with Gasteiger partial charge in [-0.05, 0) is 41.1 Å². The quantitative estimate of drug-likeness (QED) is 0.921. The molecule has 2 aromatic rings. The van der Waals surface area contributed by atoms with Crippen LogP contribution in [0.25, 0.3) is 0 Å². The Morgan fingerprint density at radius 1 is 1.29 bits per heavy atom. The van der Waals surface area contributed by atoms with Crippen molar-refractivity contribution < 1.29 is 14.0 Å². The molecular weight excluding hydrogens is 336 g/mol. The molecule has 0 saturated heterocycles. The molecule has 110 valence electrons. The van der Waals surface area contributed by atoms with E-state index in [4.69, 9.17) is 4.42 Å². The van der Waals surface area contributed by atoms with Gasteiger partial charge in [-0.2, -0.15) is 0 Å². The van der Waals surface area contributed by atoms with Gasteiger partial charge in [0.25, 0.3) is 5.91 Å². The Morgan fingerprint density at radius 3 is 2.62 bits per heavy atom. The van der Waals surface area contributed by atoms with E-state index >= 15 is 0 Å². The number of furan rings is 1. The van der Waals surface area contributed by atoms with Crippen LogP contribution in [0.3, 0.4) is 0 Å². The maximum absolute atomic E-state index is 12.2. The molecule has 6 heteroatoms. The van der Waals surface area contributed by atoms with E-state index in [0.29, 0.717) is 17.0 Å². The summed E-state index contributed by atoms with van der Waals surface area (Å²) in [6, 6.07) is 8.89. The van der Waals surface area contributed by atoms with Gasteiger partial charge in [0.2, 0.25) is 5.91 Å². The standard InChI is InChI=1S/C15H15BrN2O3/c1-10-11(7-8-21-10)15(20)18(2)9-14(19)17-13-6-4-3-5-12(13)16/h3-8H,9H2,1-2H3,(H,17,19). The molecule has 0 saturated carbocycles. The van der Waals surface area contributed by atoms with Gasteiger partial charge in [0, 0.05) is 11.5 Å². The molecule has 0 radical (unpaired) electrons. The number of aryl methyl sites for hydroxylation is 1. The van der Waals surface area contributed by atoms with Crippen molar-refractivity contribution >= 4 is 33.4 Å². The average molecular weight is 351 g/mol. The molecule has 0 aliphatic rings. The third kappa shape index (κ3) is 3.72. The lowest BCUT2D eigenvalue weighted by atomic mass is 10.2. The Balaban J connectivity index is 1.98. The van der Waals surface area contributed by atoms with Crippen LogP contribution >= 0.6 is 15.9 Å². The van der Waals surface area contributed by atoms with Gasteiger partial charge in [0.1, 0.15) is 5.76 Å².